The van der Waals surface area contributed by atoms with E-state index >= 15 is 0 Å². The second-order valence-electron chi connectivity index (χ2n) is 3.26. The van der Waals surface area contributed by atoms with Crippen molar-refractivity contribution >= 4 is 11.5 Å². The summed E-state index contributed by atoms with van der Waals surface area (Å²) < 4.78 is 37.7. The number of benzene rings is 1. The highest BCUT2D eigenvalue weighted by Gasteiger charge is 2.35. The van der Waals surface area contributed by atoms with Crippen LogP contribution in [0, 0.1) is 10.1 Å². The minimum atomic E-state index is -4.70. The molecule has 0 atom stereocenters. The fourth-order valence-electron chi connectivity index (χ4n) is 1.31. The summed E-state index contributed by atoms with van der Waals surface area (Å²) in [4.78, 5) is 20.9. The van der Waals surface area contributed by atoms with Gasteiger partial charge in [-0.25, -0.2) is 0 Å². The molecule has 0 aromatic heterocycles. The summed E-state index contributed by atoms with van der Waals surface area (Å²) in [5.41, 5.74) is -2.33. The molecule has 0 fully saturated rings. The fraction of sp³-hybridized carbons (Fsp3) is 0.300. The predicted molar refractivity (Wildman–Crippen MR) is 52.7 cm³/mol. The van der Waals surface area contributed by atoms with E-state index in [9.17, 15) is 28.1 Å². The van der Waals surface area contributed by atoms with Crippen molar-refractivity contribution in [2.45, 2.75) is 19.5 Å². The van der Waals surface area contributed by atoms with E-state index in [1.807, 2.05) is 0 Å². The first-order valence-electron chi connectivity index (χ1n) is 4.66. The number of non-ortho nitro benzene ring substituents is 1. The Labute approximate surface area is 94.2 Å². The molecule has 0 heterocycles. The van der Waals surface area contributed by atoms with Gasteiger partial charge in [-0.1, -0.05) is 6.92 Å². The fourth-order valence-corrected chi connectivity index (χ4v) is 1.31. The molecule has 0 aliphatic heterocycles. The van der Waals surface area contributed by atoms with Crippen LogP contribution in [0.5, 0.6) is 0 Å². The minimum Gasteiger partial charge on any atom is -0.294 e. The molecule has 17 heavy (non-hydrogen) atoms. The molecule has 0 N–H and O–H groups in total. The van der Waals surface area contributed by atoms with Gasteiger partial charge in [-0.2, -0.15) is 13.2 Å². The highest BCUT2D eigenvalue weighted by atomic mass is 19.4. The average Bonchev–Trinajstić information content (AvgIpc) is 2.25. The van der Waals surface area contributed by atoms with Gasteiger partial charge in [-0.05, 0) is 6.07 Å². The summed E-state index contributed by atoms with van der Waals surface area (Å²) in [6.07, 6.45) is -4.85. The van der Waals surface area contributed by atoms with Crippen LogP contribution >= 0.6 is 0 Å². The highest BCUT2D eigenvalue weighted by molar-refractivity contribution is 5.98. The molecule has 4 nitrogen and oxygen atoms in total. The lowest BCUT2D eigenvalue weighted by molar-refractivity contribution is -0.384. The molecule has 0 saturated carbocycles. The Morgan fingerprint density at radius 3 is 2.41 bits per heavy atom. The van der Waals surface area contributed by atoms with Crippen molar-refractivity contribution in [2.75, 3.05) is 0 Å². The third-order valence-corrected chi connectivity index (χ3v) is 2.14. The number of nitro groups is 1. The molecule has 1 rings (SSSR count). The molecule has 7 heteroatoms. The van der Waals surface area contributed by atoms with E-state index in [0.717, 1.165) is 6.07 Å². The van der Waals surface area contributed by atoms with Gasteiger partial charge in [0.25, 0.3) is 5.69 Å². The number of nitro benzene ring substituents is 1. The normalized spacial score (nSPS) is 11.3. The highest BCUT2D eigenvalue weighted by Crippen LogP contribution is 2.34. The number of carbonyl (C=O) groups excluding carboxylic acids is 1. The van der Waals surface area contributed by atoms with E-state index in [1.165, 1.54) is 6.92 Å². The third kappa shape index (κ3) is 2.80. The number of carbonyl (C=O) groups is 1. The molecule has 1 aromatic carbocycles. The van der Waals surface area contributed by atoms with E-state index in [0.29, 0.717) is 12.1 Å². The van der Waals surface area contributed by atoms with Gasteiger partial charge in [0, 0.05) is 24.1 Å². The van der Waals surface area contributed by atoms with Crippen LogP contribution in [-0.4, -0.2) is 10.7 Å². The Hall–Kier alpha value is -1.92. The summed E-state index contributed by atoms with van der Waals surface area (Å²) in [5, 5.41) is 10.4. The van der Waals surface area contributed by atoms with Crippen molar-refractivity contribution in [1.29, 1.82) is 0 Å². The van der Waals surface area contributed by atoms with Gasteiger partial charge in [-0.15, -0.1) is 0 Å². The Bertz CT molecular complexity index is 468. The SMILES string of the molecule is CCC(=O)c1cc([N+](=O)[O-])ccc1C(F)(F)F. The Morgan fingerprint density at radius 1 is 1.41 bits per heavy atom. The van der Waals surface area contributed by atoms with Gasteiger partial charge >= 0.3 is 6.18 Å². The number of hydrogen-bond acceptors (Lipinski definition) is 3. The van der Waals surface area contributed by atoms with Crippen LogP contribution in [0.25, 0.3) is 0 Å². The molecule has 0 aliphatic rings. The van der Waals surface area contributed by atoms with Crippen molar-refractivity contribution in [3.05, 3.63) is 39.4 Å². The lowest BCUT2D eigenvalue weighted by Gasteiger charge is -2.10. The van der Waals surface area contributed by atoms with E-state index in [1.54, 1.807) is 0 Å². The van der Waals surface area contributed by atoms with Crippen molar-refractivity contribution < 1.29 is 22.9 Å². The van der Waals surface area contributed by atoms with Gasteiger partial charge in [0.2, 0.25) is 0 Å². The molecular formula is C10H8F3NO3. The van der Waals surface area contributed by atoms with Gasteiger partial charge in [0.05, 0.1) is 10.5 Å². The van der Waals surface area contributed by atoms with Crippen molar-refractivity contribution in [3.63, 3.8) is 0 Å². The van der Waals surface area contributed by atoms with Gasteiger partial charge < -0.3 is 0 Å². The monoisotopic (exact) mass is 247 g/mol. The number of rotatable bonds is 3. The van der Waals surface area contributed by atoms with E-state index in [-0.39, 0.29) is 6.42 Å². The molecule has 1 aromatic rings. The second-order valence-corrected chi connectivity index (χ2v) is 3.26. The molecule has 0 bridgehead atoms. The van der Waals surface area contributed by atoms with Crippen LogP contribution in [0.1, 0.15) is 29.3 Å². The number of hydrogen-bond donors (Lipinski definition) is 0. The van der Waals surface area contributed by atoms with Crippen LogP contribution < -0.4 is 0 Å². The summed E-state index contributed by atoms with van der Waals surface area (Å²) in [6, 6.07) is 1.95. The largest absolute Gasteiger partial charge is 0.417 e. The number of ketones is 1. The summed E-state index contributed by atoms with van der Waals surface area (Å²) in [5.74, 6) is -0.777. The second kappa shape index (κ2) is 4.52. The third-order valence-electron chi connectivity index (χ3n) is 2.14. The number of nitrogens with zero attached hydrogens (tertiary/aromatic N) is 1. The molecule has 0 amide bonds. The molecule has 0 unspecified atom stereocenters. The smallest absolute Gasteiger partial charge is 0.294 e. The average molecular weight is 247 g/mol. The van der Waals surface area contributed by atoms with Crippen molar-refractivity contribution in [1.82, 2.24) is 0 Å². The van der Waals surface area contributed by atoms with E-state index < -0.39 is 33.7 Å². The zero-order valence-corrected chi connectivity index (χ0v) is 8.75. The molecule has 0 saturated heterocycles. The minimum absolute atomic E-state index is 0.149. The molecule has 0 aliphatic carbocycles. The standard InChI is InChI=1S/C10H8F3NO3/c1-2-9(15)7-5-6(14(16)17)3-4-8(7)10(11,12)13/h3-5H,2H2,1H3. The van der Waals surface area contributed by atoms with Crippen LogP contribution in [0.2, 0.25) is 0 Å². The van der Waals surface area contributed by atoms with Crippen LogP contribution in [0.4, 0.5) is 18.9 Å². The number of alkyl halides is 3. The van der Waals surface area contributed by atoms with Crippen LogP contribution in [0.15, 0.2) is 18.2 Å². The Kier molecular flexibility index (Phi) is 3.50. The maximum Gasteiger partial charge on any atom is 0.417 e. The van der Waals surface area contributed by atoms with Crippen LogP contribution in [-0.2, 0) is 6.18 Å². The lowest BCUT2D eigenvalue weighted by atomic mass is 10.0. The van der Waals surface area contributed by atoms with E-state index in [4.69, 9.17) is 0 Å². The first-order valence-corrected chi connectivity index (χ1v) is 4.66. The Balaban J connectivity index is 3.42. The topological polar surface area (TPSA) is 60.2 Å². The summed E-state index contributed by atoms with van der Waals surface area (Å²) in [6.45, 7) is 1.39. The van der Waals surface area contributed by atoms with Crippen LogP contribution in [0.3, 0.4) is 0 Å². The van der Waals surface area contributed by atoms with E-state index in [2.05, 4.69) is 0 Å². The molecule has 0 spiro atoms. The maximum atomic E-state index is 12.6. The number of Topliss-reactive ketones (excluding diaryl/α,β-unsaturated/α-hetero) is 1. The number of halogens is 3. The quantitative estimate of drug-likeness (QED) is 0.468. The summed E-state index contributed by atoms with van der Waals surface area (Å²) >= 11 is 0. The zero-order chi connectivity index (χ0) is 13.2. The molecular weight excluding hydrogens is 239 g/mol. The molecule has 0 radical (unpaired) electrons. The van der Waals surface area contributed by atoms with Gasteiger partial charge in [-0.3, -0.25) is 14.9 Å². The first kappa shape index (κ1) is 13.1. The Morgan fingerprint density at radius 2 is 2.00 bits per heavy atom. The zero-order valence-electron chi connectivity index (χ0n) is 8.75. The summed E-state index contributed by atoms with van der Waals surface area (Å²) in [7, 11) is 0. The first-order chi connectivity index (χ1) is 7.77. The maximum absolute atomic E-state index is 12.6. The predicted octanol–water partition coefficient (Wildman–Crippen LogP) is 3.21. The van der Waals surface area contributed by atoms with Gasteiger partial charge in [0.1, 0.15) is 0 Å². The lowest BCUT2D eigenvalue weighted by Crippen LogP contribution is -2.13. The molecule has 92 valence electrons. The van der Waals surface area contributed by atoms with Gasteiger partial charge in [0.15, 0.2) is 5.78 Å². The van der Waals surface area contributed by atoms with Crippen molar-refractivity contribution in [3.8, 4) is 0 Å². The van der Waals surface area contributed by atoms with Crippen molar-refractivity contribution in [2.24, 2.45) is 0 Å².